The molecule has 21 heteroatoms. The molecule has 1 aromatic heterocycles. The van der Waals surface area contributed by atoms with Gasteiger partial charge in [0.15, 0.2) is 17.3 Å². The van der Waals surface area contributed by atoms with Crippen LogP contribution in [0.25, 0.3) is 10.4 Å². The van der Waals surface area contributed by atoms with E-state index in [4.69, 9.17) is 4.84 Å². The van der Waals surface area contributed by atoms with E-state index in [1.165, 1.54) is 28.4 Å². The van der Waals surface area contributed by atoms with E-state index >= 15 is 0 Å². The molecule has 1 saturated carbocycles. The third-order valence-electron chi connectivity index (χ3n) is 13.8. The summed E-state index contributed by atoms with van der Waals surface area (Å²) in [4.78, 5) is 79.1. The fraction of sp³-hybridized carbons (Fsp3) is 0.536. The summed E-state index contributed by atoms with van der Waals surface area (Å²) in [5.74, 6) is -6.23. The molecule has 1 unspecified atom stereocenters. The monoisotopic (exact) mass is 1200 g/mol. The van der Waals surface area contributed by atoms with E-state index in [1.54, 1.807) is 32.3 Å². The Balaban J connectivity index is 0.839. The smallest absolute Gasteiger partial charge is 0.277 e. The van der Waals surface area contributed by atoms with Crippen molar-refractivity contribution in [3.05, 3.63) is 98.0 Å². The van der Waals surface area contributed by atoms with Gasteiger partial charge >= 0.3 is 0 Å². The number of aliphatic hydroxyl groups excluding tert-OH is 1. The van der Waals surface area contributed by atoms with Crippen LogP contribution in [0.1, 0.15) is 145 Å². The van der Waals surface area contributed by atoms with Crippen molar-refractivity contribution in [3.8, 4) is 10.4 Å². The van der Waals surface area contributed by atoms with Crippen molar-refractivity contribution in [1.82, 2.24) is 36.6 Å². The summed E-state index contributed by atoms with van der Waals surface area (Å²) in [5.41, 5.74) is 2.86. The number of hydrogen-bond donors (Lipinski definition) is 7. The van der Waals surface area contributed by atoms with Gasteiger partial charge in [-0.05, 0) is 122 Å². The highest BCUT2D eigenvalue weighted by Crippen LogP contribution is 2.41. The van der Waals surface area contributed by atoms with Crippen molar-refractivity contribution in [3.63, 3.8) is 0 Å². The quantitative estimate of drug-likeness (QED) is 0.0114. The van der Waals surface area contributed by atoms with Crippen LogP contribution in [0, 0.1) is 33.4 Å². The topological polar surface area (TPSA) is 203 Å². The predicted octanol–water partition coefficient (Wildman–Crippen LogP) is 9.78. The minimum Gasteiger partial charge on any atom is -0.391 e. The van der Waals surface area contributed by atoms with Crippen LogP contribution in [0.2, 0.25) is 0 Å². The van der Waals surface area contributed by atoms with Crippen LogP contribution >= 0.6 is 33.9 Å². The number of amides is 5. The number of anilines is 2. The van der Waals surface area contributed by atoms with Crippen molar-refractivity contribution in [2.24, 2.45) is 5.41 Å². The molecule has 5 amide bonds. The van der Waals surface area contributed by atoms with Crippen molar-refractivity contribution >= 4 is 74.8 Å². The third kappa shape index (κ3) is 18.2. The standard InChI is InChI=1S/C56H73F4IN8O7S/c1-35-49(77-34-64-35)37-18-16-36(17-19-37)44(66-52(73)45-31-39(70)33-69(45)53(74)50(55(2,3)4)67-54(75)56(60)24-25-56)32-46(71)63-28-14-12-10-8-6-5-7-9-11-13-26-62-27-15-29-76-68-51(72)40-21-22-41(57)47(59)48(40)65-43-23-20-38(61)30-42(43)58/h16-23,30,34,39,44-45,50,62,65,70H,5-15,24-29,31-33H2,1-4H3,(H,63,71)(H,66,73)(H,67,75)(H,68,72)/t39-,44+,45+,50?/m1/s1. The highest BCUT2D eigenvalue weighted by molar-refractivity contribution is 14.1. The maximum absolute atomic E-state index is 14.7. The number of carbonyl (C=O) groups is 5. The Morgan fingerprint density at radius 1 is 0.857 bits per heavy atom. The highest BCUT2D eigenvalue weighted by Gasteiger charge is 2.53. The Morgan fingerprint density at radius 2 is 1.51 bits per heavy atom. The Morgan fingerprint density at radius 3 is 2.13 bits per heavy atom. The number of likely N-dealkylation sites (tertiary alicyclic amines) is 1. The molecule has 7 N–H and O–H groups in total. The van der Waals surface area contributed by atoms with Crippen LogP contribution in [-0.2, 0) is 24.0 Å². The lowest BCUT2D eigenvalue weighted by atomic mass is 9.85. The number of hydroxylamine groups is 1. The molecule has 2 aliphatic rings. The average Bonchev–Trinajstić information content (AvgIpc) is 3.82. The molecule has 4 atom stereocenters. The van der Waals surface area contributed by atoms with Crippen molar-refractivity contribution in [2.75, 3.05) is 38.1 Å². The summed E-state index contributed by atoms with van der Waals surface area (Å²) in [5, 5.41) is 25.2. The van der Waals surface area contributed by atoms with E-state index in [2.05, 4.69) is 37.0 Å². The number of aromatic nitrogens is 1. The lowest BCUT2D eigenvalue weighted by Gasteiger charge is -2.36. The van der Waals surface area contributed by atoms with Gasteiger partial charge in [-0.25, -0.2) is 28.0 Å². The molecule has 4 aromatic rings. The Kier molecular flexibility index (Phi) is 23.1. The largest absolute Gasteiger partial charge is 0.391 e. The number of hydrogen-bond acceptors (Lipinski definition) is 11. The fourth-order valence-corrected chi connectivity index (χ4v) is 10.4. The lowest BCUT2D eigenvalue weighted by molar-refractivity contribution is -0.145. The minimum absolute atomic E-state index is 0.0407. The summed E-state index contributed by atoms with van der Waals surface area (Å²) in [6.45, 7) is 9.20. The molecule has 1 aliphatic carbocycles. The van der Waals surface area contributed by atoms with Gasteiger partial charge in [-0.2, -0.15) is 0 Å². The number of rotatable bonds is 30. The zero-order valence-corrected chi connectivity index (χ0v) is 47.3. The zero-order valence-electron chi connectivity index (χ0n) is 44.3. The number of nitrogens with zero attached hydrogens (tertiary/aromatic N) is 2. The predicted molar refractivity (Wildman–Crippen MR) is 297 cm³/mol. The molecular weight excluding hydrogens is 1130 g/mol. The Bertz CT molecular complexity index is 2640. The van der Waals surface area contributed by atoms with Gasteiger partial charge in [-0.1, -0.05) is 96.4 Å². The third-order valence-corrected chi connectivity index (χ3v) is 15.4. The number of benzene rings is 3. The van der Waals surface area contributed by atoms with Crippen LogP contribution in [-0.4, -0.2) is 101 Å². The molecule has 420 valence electrons. The van der Waals surface area contributed by atoms with Crippen LogP contribution in [0.15, 0.2) is 60.1 Å². The molecule has 0 radical (unpaired) electrons. The molecule has 2 fully saturated rings. The molecule has 6 rings (SSSR count). The second kappa shape index (κ2) is 29.1. The Labute approximate surface area is 466 Å². The second-order valence-electron chi connectivity index (χ2n) is 21.1. The molecule has 2 heterocycles. The molecule has 77 heavy (non-hydrogen) atoms. The SMILES string of the molecule is Cc1ncsc1-c1ccc([C@H](CC(=O)NCCCCCCCCCCCCNCCCONC(=O)c2ccc(F)c(F)c2Nc2ccc(I)cc2F)NC(=O)[C@@H]2C[C@@H](O)CN2C(=O)C(NC(=O)C2(F)CC2)C(C)(C)C)cc1. The van der Waals surface area contributed by atoms with Crippen molar-refractivity contribution in [1.29, 1.82) is 0 Å². The van der Waals surface area contributed by atoms with E-state index in [9.17, 15) is 46.6 Å². The van der Waals surface area contributed by atoms with E-state index in [0.29, 0.717) is 28.6 Å². The molecule has 1 aliphatic heterocycles. The van der Waals surface area contributed by atoms with E-state index in [1.807, 2.05) is 53.8 Å². The Hall–Kier alpha value is -5.23. The first-order valence-electron chi connectivity index (χ1n) is 26.6. The van der Waals surface area contributed by atoms with Gasteiger partial charge in [-0.3, -0.25) is 28.8 Å². The number of alkyl halides is 1. The summed E-state index contributed by atoms with van der Waals surface area (Å²) in [7, 11) is 0. The molecule has 3 aromatic carbocycles. The first-order chi connectivity index (χ1) is 36.7. The van der Waals surface area contributed by atoms with Crippen molar-refractivity contribution in [2.45, 2.75) is 154 Å². The van der Waals surface area contributed by atoms with E-state index < -0.39 is 82.1 Å². The van der Waals surface area contributed by atoms with Crippen LogP contribution in [0.4, 0.5) is 28.9 Å². The maximum atomic E-state index is 14.7. The van der Waals surface area contributed by atoms with Gasteiger partial charge in [0.2, 0.25) is 17.7 Å². The van der Waals surface area contributed by atoms with Gasteiger partial charge in [0.25, 0.3) is 11.8 Å². The zero-order chi connectivity index (χ0) is 55.7. The van der Waals surface area contributed by atoms with Gasteiger partial charge in [0, 0.05) is 23.1 Å². The molecule has 0 bridgehead atoms. The normalized spacial score (nSPS) is 16.6. The summed E-state index contributed by atoms with van der Waals surface area (Å²) >= 11 is 3.44. The van der Waals surface area contributed by atoms with Gasteiger partial charge in [0.1, 0.15) is 17.9 Å². The second-order valence-corrected chi connectivity index (χ2v) is 23.2. The molecular formula is C56H73F4IN8O7S. The minimum atomic E-state index is -2.00. The number of thiazole rings is 1. The van der Waals surface area contributed by atoms with E-state index in [-0.39, 0.29) is 56.0 Å². The molecule has 15 nitrogen and oxygen atoms in total. The number of aryl methyl sites for hydroxylation is 1. The van der Waals surface area contributed by atoms with Gasteiger partial charge in [-0.15, -0.1) is 11.3 Å². The van der Waals surface area contributed by atoms with E-state index in [0.717, 1.165) is 99.0 Å². The lowest BCUT2D eigenvalue weighted by Crippen LogP contribution is -2.59. The van der Waals surface area contributed by atoms with Crippen LogP contribution in [0.5, 0.6) is 0 Å². The number of nitrogens with one attached hydrogen (secondary N) is 6. The summed E-state index contributed by atoms with van der Waals surface area (Å²) < 4.78 is 58.5. The fourth-order valence-electron chi connectivity index (χ4n) is 9.11. The number of β-amino-alcohol motifs (C(OH)–C–C–N with tert-alkyl or cyclic N) is 1. The highest BCUT2D eigenvalue weighted by atomic mass is 127. The number of halogens is 5. The first-order valence-corrected chi connectivity index (χ1v) is 28.6. The van der Waals surface area contributed by atoms with Crippen LogP contribution in [0.3, 0.4) is 0 Å². The maximum Gasteiger partial charge on any atom is 0.277 e. The number of unbranched alkanes of at least 4 members (excludes halogenated alkanes) is 9. The van der Waals surface area contributed by atoms with Gasteiger partial charge in [0.05, 0.1) is 58.2 Å². The number of carbonyl (C=O) groups excluding carboxylic acids is 5. The molecule has 1 saturated heterocycles. The average molecular weight is 1210 g/mol. The van der Waals surface area contributed by atoms with Gasteiger partial charge < -0.3 is 36.6 Å². The first kappa shape index (κ1) is 61.0. The number of aliphatic hydroxyl groups is 1. The molecule has 0 spiro atoms. The summed E-state index contributed by atoms with van der Waals surface area (Å²) in [6.07, 6.45) is 10.3. The van der Waals surface area contributed by atoms with Crippen molar-refractivity contribution < 1.29 is 51.5 Å². The van der Waals surface area contributed by atoms with Crippen LogP contribution < -0.4 is 32.1 Å². The summed E-state index contributed by atoms with van der Waals surface area (Å²) in [6, 6.07) is 10.7.